The van der Waals surface area contributed by atoms with Gasteiger partial charge in [0.15, 0.2) is 0 Å². The number of halogens is 1. The van der Waals surface area contributed by atoms with Crippen LogP contribution in [-0.4, -0.2) is 22.5 Å². The molecule has 4 heteroatoms. The number of aliphatic hydroxyl groups excluding tert-OH is 1. The molecule has 0 radical (unpaired) electrons. The van der Waals surface area contributed by atoms with E-state index >= 15 is 0 Å². The van der Waals surface area contributed by atoms with E-state index in [4.69, 9.17) is 11.6 Å². The normalized spacial score (nSPS) is 14.8. The molecule has 0 amide bonds. The summed E-state index contributed by atoms with van der Waals surface area (Å²) in [6, 6.07) is 6.54. The zero-order valence-electron chi connectivity index (χ0n) is 11.4. The molecule has 0 aliphatic carbocycles. The molecule has 0 saturated heterocycles. The molecule has 2 nitrogen and oxygen atoms in total. The van der Waals surface area contributed by atoms with Crippen molar-refractivity contribution in [1.29, 1.82) is 0 Å². The molecule has 102 valence electrons. The fourth-order valence-corrected chi connectivity index (χ4v) is 2.64. The molecular weight excluding hydrogens is 266 g/mol. The summed E-state index contributed by atoms with van der Waals surface area (Å²) in [4.78, 5) is 1.10. The lowest BCUT2D eigenvalue weighted by molar-refractivity contribution is 0.196. The highest BCUT2D eigenvalue weighted by Gasteiger charge is 2.11. The molecule has 0 aliphatic heterocycles. The summed E-state index contributed by atoms with van der Waals surface area (Å²) in [5.74, 6) is 0. The summed E-state index contributed by atoms with van der Waals surface area (Å²) in [5.41, 5.74) is 1.11. The Morgan fingerprint density at radius 3 is 2.44 bits per heavy atom. The van der Waals surface area contributed by atoms with E-state index in [-0.39, 0.29) is 11.4 Å². The lowest BCUT2D eigenvalue weighted by Gasteiger charge is -2.15. The van der Waals surface area contributed by atoms with Crippen LogP contribution in [0.5, 0.6) is 0 Å². The Morgan fingerprint density at radius 1 is 1.28 bits per heavy atom. The first-order chi connectivity index (χ1) is 8.40. The Balaban J connectivity index is 2.67. The van der Waals surface area contributed by atoms with Gasteiger partial charge in [0, 0.05) is 27.8 Å². The van der Waals surface area contributed by atoms with Crippen molar-refractivity contribution >= 4 is 23.4 Å². The van der Waals surface area contributed by atoms with Crippen LogP contribution >= 0.6 is 23.4 Å². The van der Waals surface area contributed by atoms with E-state index in [2.05, 4.69) is 31.3 Å². The Morgan fingerprint density at radius 2 is 1.94 bits per heavy atom. The first-order valence-electron chi connectivity index (χ1n) is 6.26. The van der Waals surface area contributed by atoms with Crippen LogP contribution in [-0.2, 0) is 6.54 Å². The minimum Gasteiger partial charge on any atom is -0.392 e. The number of benzene rings is 1. The molecule has 0 spiro atoms. The highest BCUT2D eigenvalue weighted by molar-refractivity contribution is 8.00. The lowest BCUT2D eigenvalue weighted by atomic mass is 10.2. The third-order valence-electron chi connectivity index (χ3n) is 2.73. The molecular formula is C14H22ClNOS. The van der Waals surface area contributed by atoms with Crippen molar-refractivity contribution in [1.82, 2.24) is 5.32 Å². The first-order valence-corrected chi connectivity index (χ1v) is 7.52. The third kappa shape index (κ3) is 5.19. The standard InChI is InChI=1S/C14H22ClNOS/c1-9(2)16-8-12-5-6-13(7-14(12)15)18-11(4)10(3)17/h5-7,9-11,16-17H,8H2,1-4H3. The van der Waals surface area contributed by atoms with Gasteiger partial charge in [-0.1, -0.05) is 38.4 Å². The zero-order chi connectivity index (χ0) is 13.7. The second-order valence-electron chi connectivity index (χ2n) is 4.85. The predicted molar refractivity (Wildman–Crippen MR) is 80.4 cm³/mol. The van der Waals surface area contributed by atoms with Crippen molar-refractivity contribution in [2.24, 2.45) is 0 Å². The summed E-state index contributed by atoms with van der Waals surface area (Å²) >= 11 is 7.90. The highest BCUT2D eigenvalue weighted by Crippen LogP contribution is 2.29. The van der Waals surface area contributed by atoms with Crippen molar-refractivity contribution < 1.29 is 5.11 Å². The van der Waals surface area contributed by atoms with E-state index in [1.165, 1.54) is 0 Å². The Bertz CT molecular complexity index is 382. The van der Waals surface area contributed by atoms with Crippen molar-refractivity contribution in [3.05, 3.63) is 28.8 Å². The van der Waals surface area contributed by atoms with Crippen LogP contribution in [0.4, 0.5) is 0 Å². The SMILES string of the molecule is CC(C)NCc1ccc(SC(C)C(C)O)cc1Cl. The maximum absolute atomic E-state index is 9.49. The fourth-order valence-electron chi connectivity index (χ4n) is 1.37. The largest absolute Gasteiger partial charge is 0.392 e. The number of rotatable bonds is 6. The van der Waals surface area contributed by atoms with Crippen LogP contribution in [0.15, 0.2) is 23.1 Å². The molecule has 0 saturated carbocycles. The minimum atomic E-state index is -0.323. The van der Waals surface area contributed by atoms with Gasteiger partial charge in [-0.2, -0.15) is 0 Å². The van der Waals surface area contributed by atoms with E-state index in [0.717, 1.165) is 22.0 Å². The molecule has 18 heavy (non-hydrogen) atoms. The summed E-state index contributed by atoms with van der Waals surface area (Å²) < 4.78 is 0. The number of hydrogen-bond donors (Lipinski definition) is 2. The molecule has 0 fully saturated rings. The van der Waals surface area contributed by atoms with Crippen LogP contribution in [0.2, 0.25) is 5.02 Å². The Labute approximate surface area is 119 Å². The topological polar surface area (TPSA) is 32.3 Å². The number of thioether (sulfide) groups is 1. The van der Waals surface area contributed by atoms with Gasteiger partial charge in [0.05, 0.1) is 6.10 Å². The van der Waals surface area contributed by atoms with E-state index in [0.29, 0.717) is 6.04 Å². The maximum atomic E-state index is 9.49. The second kappa shape index (κ2) is 7.39. The van der Waals surface area contributed by atoms with Gasteiger partial charge in [-0.05, 0) is 24.6 Å². The smallest absolute Gasteiger partial charge is 0.0631 e. The van der Waals surface area contributed by atoms with Gasteiger partial charge in [0.1, 0.15) is 0 Å². The van der Waals surface area contributed by atoms with Crippen LogP contribution < -0.4 is 5.32 Å². The highest BCUT2D eigenvalue weighted by atomic mass is 35.5. The summed E-state index contributed by atoms with van der Waals surface area (Å²) in [6.45, 7) is 8.83. The zero-order valence-corrected chi connectivity index (χ0v) is 13.0. The second-order valence-corrected chi connectivity index (χ2v) is 6.71. The van der Waals surface area contributed by atoms with Crippen LogP contribution in [0.3, 0.4) is 0 Å². The van der Waals surface area contributed by atoms with Gasteiger partial charge in [-0.15, -0.1) is 11.8 Å². The van der Waals surface area contributed by atoms with Crippen molar-refractivity contribution in [3.63, 3.8) is 0 Å². The van der Waals surface area contributed by atoms with Crippen LogP contribution in [0, 0.1) is 0 Å². The molecule has 2 N–H and O–H groups in total. The molecule has 1 aromatic rings. The van der Waals surface area contributed by atoms with Gasteiger partial charge >= 0.3 is 0 Å². The van der Waals surface area contributed by atoms with Crippen molar-refractivity contribution in [2.75, 3.05) is 0 Å². The van der Waals surface area contributed by atoms with E-state index in [1.807, 2.05) is 13.0 Å². The maximum Gasteiger partial charge on any atom is 0.0631 e. The van der Waals surface area contributed by atoms with Gasteiger partial charge in [-0.3, -0.25) is 0 Å². The predicted octanol–water partition coefficient (Wildman–Crippen LogP) is 3.70. The molecule has 1 aromatic carbocycles. The monoisotopic (exact) mass is 287 g/mol. The molecule has 0 aromatic heterocycles. The lowest BCUT2D eigenvalue weighted by Crippen LogP contribution is -2.22. The van der Waals surface area contributed by atoms with Crippen molar-refractivity contribution in [2.45, 2.75) is 56.5 Å². The molecule has 2 atom stereocenters. The quantitative estimate of drug-likeness (QED) is 0.783. The number of nitrogens with one attached hydrogen (secondary N) is 1. The minimum absolute atomic E-state index is 0.167. The number of aliphatic hydroxyl groups is 1. The first kappa shape index (κ1) is 15.8. The van der Waals surface area contributed by atoms with Crippen LogP contribution in [0.1, 0.15) is 33.3 Å². The van der Waals surface area contributed by atoms with Crippen LogP contribution in [0.25, 0.3) is 0 Å². The van der Waals surface area contributed by atoms with Gasteiger partial charge in [0.2, 0.25) is 0 Å². The average molecular weight is 288 g/mol. The van der Waals surface area contributed by atoms with Gasteiger partial charge in [-0.25, -0.2) is 0 Å². The molecule has 2 unspecified atom stereocenters. The summed E-state index contributed by atoms with van der Waals surface area (Å²) in [7, 11) is 0. The third-order valence-corrected chi connectivity index (χ3v) is 4.37. The molecule has 0 bridgehead atoms. The molecule has 0 aliphatic rings. The van der Waals surface area contributed by atoms with Crippen molar-refractivity contribution in [3.8, 4) is 0 Å². The fraction of sp³-hybridized carbons (Fsp3) is 0.571. The Hall–Kier alpha value is -0.220. The molecule has 1 rings (SSSR count). The van der Waals surface area contributed by atoms with E-state index in [9.17, 15) is 5.11 Å². The summed E-state index contributed by atoms with van der Waals surface area (Å²) in [5, 5.41) is 13.8. The average Bonchev–Trinajstić information content (AvgIpc) is 2.27. The van der Waals surface area contributed by atoms with E-state index in [1.54, 1.807) is 18.7 Å². The summed E-state index contributed by atoms with van der Waals surface area (Å²) in [6.07, 6.45) is -0.323. The van der Waals surface area contributed by atoms with E-state index < -0.39 is 0 Å². The Kier molecular flexibility index (Phi) is 6.50. The van der Waals surface area contributed by atoms with Gasteiger partial charge in [0.25, 0.3) is 0 Å². The number of hydrogen-bond acceptors (Lipinski definition) is 3. The molecule has 0 heterocycles. The van der Waals surface area contributed by atoms with Gasteiger partial charge < -0.3 is 10.4 Å².